The first-order valence-corrected chi connectivity index (χ1v) is 8.49. The molecule has 0 spiro atoms. The molecule has 0 fully saturated rings. The molecule has 2 aliphatic rings. The summed E-state index contributed by atoms with van der Waals surface area (Å²) in [5.74, 6) is 0.426. The van der Waals surface area contributed by atoms with Crippen molar-refractivity contribution in [2.75, 3.05) is 0 Å². The van der Waals surface area contributed by atoms with Crippen LogP contribution in [0.4, 0.5) is 0 Å². The number of fused-ring (bicyclic) bond motifs is 3. The Kier molecular flexibility index (Phi) is 4.24. The molecule has 0 aliphatic heterocycles. The summed E-state index contributed by atoms with van der Waals surface area (Å²) >= 11 is 0. The van der Waals surface area contributed by atoms with Crippen molar-refractivity contribution in [1.29, 1.82) is 0 Å². The van der Waals surface area contributed by atoms with Gasteiger partial charge in [-0.3, -0.25) is 4.79 Å². The van der Waals surface area contributed by atoms with E-state index in [1.165, 1.54) is 0 Å². The van der Waals surface area contributed by atoms with Gasteiger partial charge in [0.1, 0.15) is 6.10 Å². The molecule has 4 nitrogen and oxygen atoms in total. The molecule has 128 valence electrons. The van der Waals surface area contributed by atoms with Crippen LogP contribution in [0.1, 0.15) is 61.7 Å². The van der Waals surface area contributed by atoms with Crippen LogP contribution in [0.3, 0.4) is 0 Å². The van der Waals surface area contributed by atoms with Gasteiger partial charge in [0.15, 0.2) is 5.76 Å². The van der Waals surface area contributed by atoms with E-state index in [-0.39, 0.29) is 35.6 Å². The van der Waals surface area contributed by atoms with Crippen molar-refractivity contribution >= 4 is 11.8 Å². The third kappa shape index (κ3) is 2.54. The van der Waals surface area contributed by atoms with Gasteiger partial charge in [0, 0.05) is 23.0 Å². The molecule has 1 heterocycles. The Bertz CT molecular complexity index is 750. The Morgan fingerprint density at radius 1 is 1.38 bits per heavy atom. The molecule has 2 aliphatic carbocycles. The van der Waals surface area contributed by atoms with Gasteiger partial charge in [0.25, 0.3) is 0 Å². The van der Waals surface area contributed by atoms with Crippen LogP contribution in [0.2, 0.25) is 0 Å². The molecule has 0 amide bonds. The van der Waals surface area contributed by atoms with E-state index in [1.54, 1.807) is 19.3 Å². The minimum atomic E-state index is -0.288. The molecule has 0 bridgehead atoms. The number of hydrogen-bond donors (Lipinski definition) is 0. The van der Waals surface area contributed by atoms with Gasteiger partial charge >= 0.3 is 5.97 Å². The van der Waals surface area contributed by atoms with Crippen molar-refractivity contribution in [2.45, 2.75) is 53.1 Å². The van der Waals surface area contributed by atoms with Crippen molar-refractivity contribution in [2.24, 2.45) is 11.8 Å². The van der Waals surface area contributed by atoms with Gasteiger partial charge in [-0.05, 0) is 51.2 Å². The van der Waals surface area contributed by atoms with E-state index >= 15 is 0 Å². The lowest BCUT2D eigenvalue weighted by Gasteiger charge is -2.40. The average molecular weight is 328 g/mol. The van der Waals surface area contributed by atoms with Crippen molar-refractivity contribution in [3.8, 4) is 0 Å². The van der Waals surface area contributed by atoms with E-state index in [0.29, 0.717) is 17.8 Å². The second-order valence-corrected chi connectivity index (χ2v) is 7.02. The fourth-order valence-corrected chi connectivity index (χ4v) is 3.85. The average Bonchev–Trinajstić information content (AvgIpc) is 2.95. The standard InChI is InChI=1S/C20H24O4/c1-6-10(2)20(22)24-16-8-14-13(5)18(21)19-17(12(4)9-23-19)15(14)7-11(16)3/h6-7,9,13-16H,8H2,1-5H3/t13-,14-,15+,16+/m0/s1. The van der Waals surface area contributed by atoms with Crippen molar-refractivity contribution in [3.05, 3.63) is 46.4 Å². The molecular formula is C20H24O4. The highest BCUT2D eigenvalue weighted by atomic mass is 16.5. The zero-order valence-corrected chi connectivity index (χ0v) is 14.9. The predicted molar refractivity (Wildman–Crippen MR) is 90.9 cm³/mol. The summed E-state index contributed by atoms with van der Waals surface area (Å²) in [7, 11) is 0. The van der Waals surface area contributed by atoms with Gasteiger partial charge in [0.2, 0.25) is 5.78 Å². The minimum Gasteiger partial charge on any atom is -0.461 e. The van der Waals surface area contributed by atoms with Crippen LogP contribution >= 0.6 is 0 Å². The third-order valence-electron chi connectivity index (χ3n) is 5.54. The maximum absolute atomic E-state index is 12.6. The second kappa shape index (κ2) is 6.08. The lowest BCUT2D eigenvalue weighted by atomic mass is 9.65. The first kappa shape index (κ1) is 16.7. The van der Waals surface area contributed by atoms with Crippen molar-refractivity contribution < 1.29 is 18.7 Å². The van der Waals surface area contributed by atoms with E-state index in [4.69, 9.17) is 9.15 Å². The summed E-state index contributed by atoms with van der Waals surface area (Å²) in [6.07, 6.45) is 5.98. The van der Waals surface area contributed by atoms with Gasteiger partial charge < -0.3 is 9.15 Å². The van der Waals surface area contributed by atoms with Crippen LogP contribution in [0.25, 0.3) is 0 Å². The van der Waals surface area contributed by atoms with Gasteiger partial charge in [-0.2, -0.15) is 0 Å². The lowest BCUT2D eigenvalue weighted by Crippen LogP contribution is -2.39. The number of ketones is 1. The molecular weight excluding hydrogens is 304 g/mol. The summed E-state index contributed by atoms with van der Waals surface area (Å²) in [6.45, 7) is 9.50. The van der Waals surface area contributed by atoms with Crippen LogP contribution in [-0.2, 0) is 9.53 Å². The number of rotatable bonds is 2. The monoisotopic (exact) mass is 328 g/mol. The van der Waals surface area contributed by atoms with Gasteiger partial charge in [0.05, 0.1) is 6.26 Å². The first-order chi connectivity index (χ1) is 11.3. The number of hydrogen-bond acceptors (Lipinski definition) is 4. The lowest BCUT2D eigenvalue weighted by molar-refractivity contribution is -0.143. The van der Waals surface area contributed by atoms with Crippen molar-refractivity contribution in [3.63, 3.8) is 0 Å². The van der Waals surface area contributed by atoms with Crippen LogP contribution < -0.4 is 0 Å². The maximum atomic E-state index is 12.6. The molecule has 24 heavy (non-hydrogen) atoms. The normalized spacial score (nSPS) is 29.6. The van der Waals surface area contributed by atoms with E-state index in [1.807, 2.05) is 27.7 Å². The quantitative estimate of drug-likeness (QED) is 0.460. The predicted octanol–water partition coefficient (Wildman–Crippen LogP) is 4.35. The highest BCUT2D eigenvalue weighted by Gasteiger charge is 2.45. The molecule has 4 atom stereocenters. The third-order valence-corrected chi connectivity index (χ3v) is 5.54. The smallest absolute Gasteiger partial charge is 0.333 e. The van der Waals surface area contributed by atoms with Gasteiger partial charge in [-0.15, -0.1) is 0 Å². The summed E-state index contributed by atoms with van der Waals surface area (Å²) in [5, 5.41) is 0. The largest absolute Gasteiger partial charge is 0.461 e. The van der Waals surface area contributed by atoms with Gasteiger partial charge in [-0.25, -0.2) is 4.79 Å². The van der Waals surface area contributed by atoms with E-state index in [0.717, 1.165) is 16.7 Å². The van der Waals surface area contributed by atoms with Crippen LogP contribution in [0.5, 0.6) is 0 Å². The van der Waals surface area contributed by atoms with E-state index < -0.39 is 0 Å². The zero-order valence-electron chi connectivity index (χ0n) is 14.9. The molecule has 0 saturated heterocycles. The second-order valence-electron chi connectivity index (χ2n) is 7.02. The molecule has 0 aromatic carbocycles. The zero-order chi connectivity index (χ0) is 17.6. The number of allylic oxidation sites excluding steroid dienone is 2. The Morgan fingerprint density at radius 3 is 2.75 bits per heavy atom. The first-order valence-electron chi connectivity index (χ1n) is 8.49. The number of esters is 1. The highest BCUT2D eigenvalue weighted by molar-refractivity contribution is 5.98. The van der Waals surface area contributed by atoms with Crippen LogP contribution in [0, 0.1) is 18.8 Å². The Labute approximate surface area is 142 Å². The maximum Gasteiger partial charge on any atom is 0.333 e. The van der Waals surface area contributed by atoms with Crippen LogP contribution in [-0.4, -0.2) is 17.9 Å². The van der Waals surface area contributed by atoms with E-state index in [2.05, 4.69) is 6.08 Å². The molecule has 1 aromatic rings. The number of Topliss-reactive ketones (excluding diaryl/α,β-unsaturated/α-hetero) is 1. The van der Waals surface area contributed by atoms with Gasteiger partial charge in [-0.1, -0.05) is 19.1 Å². The molecule has 3 rings (SSSR count). The topological polar surface area (TPSA) is 56.5 Å². The molecule has 0 unspecified atom stereocenters. The number of carbonyl (C=O) groups is 2. The molecule has 0 saturated carbocycles. The van der Waals surface area contributed by atoms with E-state index in [9.17, 15) is 9.59 Å². The molecule has 4 heteroatoms. The molecule has 0 N–H and O–H groups in total. The minimum absolute atomic E-state index is 0.0574. The molecule has 1 aromatic heterocycles. The summed E-state index contributed by atoms with van der Waals surface area (Å²) in [6, 6.07) is 0. The number of ether oxygens (including phenoxy) is 1. The number of aryl methyl sites for hydroxylation is 1. The fourth-order valence-electron chi connectivity index (χ4n) is 3.85. The summed E-state index contributed by atoms with van der Waals surface area (Å²) in [4.78, 5) is 24.7. The van der Waals surface area contributed by atoms with Crippen LogP contribution in [0.15, 0.2) is 34.0 Å². The summed E-state index contributed by atoms with van der Waals surface area (Å²) in [5.41, 5.74) is 3.67. The Hall–Kier alpha value is -2.10. The number of carbonyl (C=O) groups excluding carboxylic acids is 2. The molecule has 0 radical (unpaired) electrons. The fraction of sp³-hybridized carbons (Fsp3) is 0.500. The number of furan rings is 1. The summed E-state index contributed by atoms with van der Waals surface area (Å²) < 4.78 is 11.2. The Balaban J connectivity index is 1.95. The highest BCUT2D eigenvalue weighted by Crippen LogP contribution is 2.48. The SMILES string of the molecule is CC=C(C)C(=O)O[C@@H]1C[C@H]2[C@H](C)C(=O)c3occ(C)c3[C@@H]2C=C1C. The van der Waals surface area contributed by atoms with Crippen molar-refractivity contribution in [1.82, 2.24) is 0 Å². The Morgan fingerprint density at radius 2 is 2.08 bits per heavy atom.